The predicted molar refractivity (Wildman–Crippen MR) is 92.4 cm³/mol. The number of likely N-dealkylation sites (tertiary alicyclic amines) is 1. The van der Waals surface area contributed by atoms with E-state index in [-0.39, 0.29) is 19.6 Å². The highest BCUT2D eigenvalue weighted by Crippen LogP contribution is 2.39. The van der Waals surface area contributed by atoms with Crippen molar-refractivity contribution in [1.29, 1.82) is 0 Å². The summed E-state index contributed by atoms with van der Waals surface area (Å²) in [6.07, 6.45) is 4.05. The van der Waals surface area contributed by atoms with Crippen molar-refractivity contribution < 1.29 is 28.6 Å². The summed E-state index contributed by atoms with van der Waals surface area (Å²) in [6.45, 7) is 8.66. The smallest absolute Gasteiger partial charge is 0.410 e. The fourth-order valence-electron chi connectivity index (χ4n) is 3.12. The number of cyclic esters (lactones) is 1. The Morgan fingerprint density at radius 3 is 2.60 bits per heavy atom. The summed E-state index contributed by atoms with van der Waals surface area (Å²) in [7, 11) is -1.37. The minimum atomic E-state index is -1.37. The lowest BCUT2D eigenvalue weighted by Gasteiger charge is -2.29. The summed E-state index contributed by atoms with van der Waals surface area (Å²) < 4.78 is 15.6. The Morgan fingerprint density at radius 2 is 2.04 bits per heavy atom. The summed E-state index contributed by atoms with van der Waals surface area (Å²) in [5.41, 5.74) is 0. The third-order valence-corrected chi connectivity index (χ3v) is 6.12. The molecule has 2 rings (SSSR count). The molecule has 0 aromatic heterocycles. The molecule has 0 saturated carbocycles. The molecule has 2 aliphatic heterocycles. The first-order chi connectivity index (χ1) is 11.7. The van der Waals surface area contributed by atoms with Crippen LogP contribution in [0.15, 0.2) is 0 Å². The number of ether oxygens (including phenoxy) is 3. The molecule has 2 fully saturated rings. The van der Waals surface area contributed by atoms with E-state index in [2.05, 4.69) is 25.6 Å². The van der Waals surface area contributed by atoms with Crippen LogP contribution in [0.4, 0.5) is 4.79 Å². The highest BCUT2D eigenvalue weighted by atomic mass is 28.3. The number of hydrogen-bond acceptors (Lipinski definition) is 6. The van der Waals surface area contributed by atoms with Crippen LogP contribution in [-0.4, -0.2) is 62.4 Å². The van der Waals surface area contributed by atoms with E-state index >= 15 is 0 Å². The predicted octanol–water partition coefficient (Wildman–Crippen LogP) is 1.64. The highest BCUT2D eigenvalue weighted by molar-refractivity contribution is 6.76. The average Bonchev–Trinajstić information content (AvgIpc) is 3.04. The number of esters is 2. The number of terminal acetylenes is 1. The second kappa shape index (κ2) is 7.48. The van der Waals surface area contributed by atoms with Gasteiger partial charge in [-0.1, -0.05) is 25.6 Å². The molecule has 2 aliphatic rings. The standard InChI is InChI=1S/C17H25NO6Si/c1-6-13-14-11(15(19)24-13)10-12(16(20)22-7-2)18(14)17(21)23-8-9-25(3,4)5/h1,11-14H,7-10H2,2-5H3/t11-,12-,13+,14+/m1/s1. The van der Waals surface area contributed by atoms with Gasteiger partial charge in [0.1, 0.15) is 6.04 Å². The number of amides is 1. The Hall–Kier alpha value is -2.01. The number of nitrogens with zero attached hydrogens (tertiary/aromatic N) is 1. The highest BCUT2D eigenvalue weighted by Gasteiger charge is 2.59. The fraction of sp³-hybridized carbons (Fsp3) is 0.706. The second-order valence-electron chi connectivity index (χ2n) is 7.46. The lowest BCUT2D eigenvalue weighted by atomic mass is 9.98. The van der Waals surface area contributed by atoms with Gasteiger partial charge in [0.15, 0.2) is 6.10 Å². The van der Waals surface area contributed by atoms with Crippen LogP contribution in [0.2, 0.25) is 25.7 Å². The van der Waals surface area contributed by atoms with Gasteiger partial charge < -0.3 is 14.2 Å². The molecule has 138 valence electrons. The van der Waals surface area contributed by atoms with Gasteiger partial charge in [0.2, 0.25) is 0 Å². The monoisotopic (exact) mass is 367 g/mol. The van der Waals surface area contributed by atoms with E-state index in [0.29, 0.717) is 0 Å². The molecule has 4 atom stereocenters. The first-order valence-electron chi connectivity index (χ1n) is 8.48. The van der Waals surface area contributed by atoms with Crippen LogP contribution < -0.4 is 0 Å². The molecular weight excluding hydrogens is 342 g/mol. The van der Waals surface area contributed by atoms with Gasteiger partial charge in [-0.25, -0.2) is 9.59 Å². The third-order valence-electron chi connectivity index (χ3n) is 4.41. The number of fused-ring (bicyclic) bond motifs is 1. The van der Waals surface area contributed by atoms with E-state index < -0.39 is 50.2 Å². The lowest BCUT2D eigenvalue weighted by molar-refractivity contribution is -0.149. The van der Waals surface area contributed by atoms with Crippen molar-refractivity contribution >= 4 is 26.1 Å². The Labute approximate surface area is 149 Å². The van der Waals surface area contributed by atoms with Crippen LogP contribution in [0.1, 0.15) is 13.3 Å². The molecule has 0 unspecified atom stereocenters. The van der Waals surface area contributed by atoms with Crippen LogP contribution in [-0.2, 0) is 23.8 Å². The van der Waals surface area contributed by atoms with Gasteiger partial charge in [0.25, 0.3) is 0 Å². The molecule has 25 heavy (non-hydrogen) atoms. The molecule has 0 N–H and O–H groups in total. The molecule has 8 heteroatoms. The van der Waals surface area contributed by atoms with Crippen LogP contribution in [0, 0.1) is 18.3 Å². The molecule has 7 nitrogen and oxygen atoms in total. The Morgan fingerprint density at radius 1 is 1.36 bits per heavy atom. The van der Waals surface area contributed by atoms with Gasteiger partial charge in [0.05, 0.1) is 25.2 Å². The van der Waals surface area contributed by atoms with E-state index in [1.54, 1.807) is 6.92 Å². The van der Waals surface area contributed by atoms with Crippen molar-refractivity contribution in [2.75, 3.05) is 13.2 Å². The van der Waals surface area contributed by atoms with Crippen LogP contribution in [0.3, 0.4) is 0 Å². The maximum Gasteiger partial charge on any atom is 0.410 e. The van der Waals surface area contributed by atoms with Crippen molar-refractivity contribution in [3.05, 3.63) is 0 Å². The minimum absolute atomic E-state index is 0.142. The van der Waals surface area contributed by atoms with Crippen molar-refractivity contribution in [2.45, 2.75) is 57.2 Å². The van der Waals surface area contributed by atoms with Crippen molar-refractivity contribution in [3.8, 4) is 12.3 Å². The molecule has 0 bridgehead atoms. The normalized spacial score (nSPS) is 28.1. The van der Waals surface area contributed by atoms with Gasteiger partial charge in [-0.05, 0) is 19.4 Å². The SMILES string of the molecule is C#C[C@@H]1OC(=O)[C@@H]2C[C@H](C(=O)OCC)N(C(=O)OCC[Si](C)(C)C)[C@H]12. The first kappa shape index (κ1) is 19.3. The number of rotatable bonds is 5. The van der Waals surface area contributed by atoms with Crippen LogP contribution in [0.5, 0.6) is 0 Å². The average molecular weight is 367 g/mol. The first-order valence-corrected chi connectivity index (χ1v) is 12.2. The molecule has 0 aliphatic carbocycles. The fourth-order valence-corrected chi connectivity index (χ4v) is 3.83. The van der Waals surface area contributed by atoms with Crippen LogP contribution in [0.25, 0.3) is 0 Å². The van der Waals surface area contributed by atoms with E-state index in [0.717, 1.165) is 6.04 Å². The summed E-state index contributed by atoms with van der Waals surface area (Å²) in [5.74, 6) is 0.720. The molecule has 0 spiro atoms. The molecular formula is C17H25NO6Si. The number of carbonyl (C=O) groups excluding carboxylic acids is 3. The molecule has 2 saturated heterocycles. The zero-order valence-electron chi connectivity index (χ0n) is 15.1. The van der Waals surface area contributed by atoms with Crippen molar-refractivity contribution in [1.82, 2.24) is 4.90 Å². The summed E-state index contributed by atoms with van der Waals surface area (Å²) in [5, 5.41) is 0. The summed E-state index contributed by atoms with van der Waals surface area (Å²) in [6, 6.07) is -0.761. The van der Waals surface area contributed by atoms with E-state index in [1.807, 2.05) is 0 Å². The van der Waals surface area contributed by atoms with E-state index in [4.69, 9.17) is 20.6 Å². The third kappa shape index (κ3) is 4.15. The minimum Gasteiger partial charge on any atom is -0.464 e. The molecule has 1 amide bonds. The quantitative estimate of drug-likeness (QED) is 0.318. The molecule has 0 radical (unpaired) electrons. The number of carbonyl (C=O) groups is 3. The van der Waals surface area contributed by atoms with Gasteiger partial charge in [-0.15, -0.1) is 6.42 Å². The molecule has 0 aromatic carbocycles. The molecule has 2 heterocycles. The zero-order chi connectivity index (χ0) is 18.8. The van der Waals surface area contributed by atoms with Crippen molar-refractivity contribution in [2.24, 2.45) is 5.92 Å². The van der Waals surface area contributed by atoms with Gasteiger partial charge in [-0.3, -0.25) is 9.69 Å². The second-order valence-corrected chi connectivity index (χ2v) is 13.1. The summed E-state index contributed by atoms with van der Waals surface area (Å²) >= 11 is 0. The maximum atomic E-state index is 12.6. The van der Waals surface area contributed by atoms with Crippen molar-refractivity contribution in [3.63, 3.8) is 0 Å². The maximum absolute atomic E-state index is 12.6. The van der Waals surface area contributed by atoms with Gasteiger partial charge >= 0.3 is 18.0 Å². The van der Waals surface area contributed by atoms with E-state index in [9.17, 15) is 14.4 Å². The lowest BCUT2D eigenvalue weighted by Crippen LogP contribution is -2.49. The number of hydrogen-bond donors (Lipinski definition) is 0. The van der Waals surface area contributed by atoms with E-state index in [1.165, 1.54) is 4.90 Å². The van der Waals surface area contributed by atoms with Gasteiger partial charge in [-0.2, -0.15) is 0 Å². The van der Waals surface area contributed by atoms with Gasteiger partial charge in [0, 0.05) is 8.07 Å². The van der Waals surface area contributed by atoms with Crippen LogP contribution >= 0.6 is 0 Å². The Balaban J connectivity index is 2.18. The zero-order valence-corrected chi connectivity index (χ0v) is 16.1. The topological polar surface area (TPSA) is 82.1 Å². The Bertz CT molecular complexity index is 593. The molecule has 0 aromatic rings. The largest absolute Gasteiger partial charge is 0.464 e. The Kier molecular flexibility index (Phi) is 5.78. The summed E-state index contributed by atoms with van der Waals surface area (Å²) in [4.78, 5) is 38.2.